The van der Waals surface area contributed by atoms with Crippen LogP contribution in [0.3, 0.4) is 0 Å². The van der Waals surface area contributed by atoms with Crippen molar-refractivity contribution in [1.82, 2.24) is 5.43 Å². The number of benzene rings is 2. The summed E-state index contributed by atoms with van der Waals surface area (Å²) in [5.74, 6) is -0.00912. The van der Waals surface area contributed by atoms with E-state index in [-0.39, 0.29) is 11.7 Å². The summed E-state index contributed by atoms with van der Waals surface area (Å²) in [5, 5.41) is 3.94. The Morgan fingerprint density at radius 3 is 2.12 bits per heavy atom. The lowest BCUT2D eigenvalue weighted by Gasteiger charge is -2.13. The van der Waals surface area contributed by atoms with Gasteiger partial charge in [-0.1, -0.05) is 17.7 Å². The van der Waals surface area contributed by atoms with E-state index in [4.69, 9.17) is 14.2 Å². The number of hydrogen-bond acceptors (Lipinski definition) is 6. The topological polar surface area (TPSA) is 86.2 Å². The van der Waals surface area contributed by atoms with Crippen LogP contribution < -0.4 is 19.6 Å². The Bertz CT molecular complexity index is 803. The van der Waals surface area contributed by atoms with Crippen LogP contribution in [0, 0.1) is 6.92 Å². The lowest BCUT2D eigenvalue weighted by Crippen LogP contribution is -2.17. The number of rotatable bonds is 6. The first kappa shape index (κ1) is 19.0. The molecule has 0 spiro atoms. The number of carbonyl (C=O) groups is 2. The van der Waals surface area contributed by atoms with Gasteiger partial charge in [-0.2, -0.15) is 5.10 Å². The highest BCUT2D eigenvalue weighted by Gasteiger charge is 2.15. The fourth-order valence-electron chi connectivity index (χ4n) is 2.15. The largest absolute Gasteiger partial charge is 0.493 e. The van der Waals surface area contributed by atoms with Crippen LogP contribution in [0.1, 0.15) is 28.4 Å². The first-order chi connectivity index (χ1) is 12.4. The number of hydrazone groups is 1. The highest BCUT2D eigenvalue weighted by atomic mass is 16.6. The SMILES string of the molecule is COc1cc(/C=N\NC(=O)c2ccc(C)cc2)cc(OC)c1OC(C)=O. The third-order valence-electron chi connectivity index (χ3n) is 3.42. The summed E-state index contributed by atoms with van der Waals surface area (Å²) in [5.41, 5.74) is 4.62. The van der Waals surface area contributed by atoms with Gasteiger partial charge >= 0.3 is 5.97 Å². The third-order valence-corrected chi connectivity index (χ3v) is 3.42. The van der Waals surface area contributed by atoms with Crippen molar-refractivity contribution in [2.45, 2.75) is 13.8 Å². The Labute approximate surface area is 151 Å². The smallest absolute Gasteiger partial charge is 0.308 e. The van der Waals surface area contributed by atoms with Crippen molar-refractivity contribution in [2.75, 3.05) is 14.2 Å². The first-order valence-corrected chi connectivity index (χ1v) is 7.79. The zero-order chi connectivity index (χ0) is 19.1. The van der Waals surface area contributed by atoms with E-state index < -0.39 is 5.97 Å². The first-order valence-electron chi connectivity index (χ1n) is 7.79. The number of carbonyl (C=O) groups excluding carboxylic acids is 2. The summed E-state index contributed by atoms with van der Waals surface area (Å²) in [6.07, 6.45) is 1.44. The Hall–Kier alpha value is -3.35. The monoisotopic (exact) mass is 356 g/mol. The maximum Gasteiger partial charge on any atom is 0.308 e. The highest BCUT2D eigenvalue weighted by Crippen LogP contribution is 2.38. The zero-order valence-corrected chi connectivity index (χ0v) is 15.0. The van der Waals surface area contributed by atoms with Crippen LogP contribution in [0.25, 0.3) is 0 Å². The molecule has 1 N–H and O–H groups in total. The summed E-state index contributed by atoms with van der Waals surface area (Å²) in [6.45, 7) is 3.23. The van der Waals surface area contributed by atoms with Crippen LogP contribution in [0.2, 0.25) is 0 Å². The Morgan fingerprint density at radius 1 is 1.04 bits per heavy atom. The Balaban J connectivity index is 2.17. The van der Waals surface area contributed by atoms with Crippen molar-refractivity contribution in [2.24, 2.45) is 5.10 Å². The minimum atomic E-state index is -0.492. The maximum atomic E-state index is 12.0. The van der Waals surface area contributed by atoms with E-state index in [0.717, 1.165) is 5.56 Å². The molecule has 7 heteroatoms. The van der Waals surface area contributed by atoms with E-state index >= 15 is 0 Å². The van der Waals surface area contributed by atoms with Crippen LogP contribution in [0.5, 0.6) is 17.2 Å². The molecule has 0 radical (unpaired) electrons. The van der Waals surface area contributed by atoms with Gasteiger partial charge in [-0.15, -0.1) is 0 Å². The number of nitrogens with one attached hydrogen (secondary N) is 1. The fourth-order valence-corrected chi connectivity index (χ4v) is 2.15. The lowest BCUT2D eigenvalue weighted by molar-refractivity contribution is -0.132. The molecule has 2 aromatic carbocycles. The molecule has 0 aliphatic carbocycles. The molecule has 136 valence electrons. The summed E-state index contributed by atoms with van der Waals surface area (Å²) in [4.78, 5) is 23.3. The van der Waals surface area contributed by atoms with E-state index in [1.807, 2.05) is 19.1 Å². The Kier molecular flexibility index (Phi) is 6.32. The predicted octanol–water partition coefficient (Wildman–Crippen LogP) is 2.70. The number of ether oxygens (including phenoxy) is 3. The molecule has 0 aliphatic rings. The third kappa shape index (κ3) is 4.83. The molecule has 0 unspecified atom stereocenters. The molecule has 2 rings (SSSR count). The van der Waals surface area contributed by atoms with Crippen molar-refractivity contribution in [3.8, 4) is 17.2 Å². The summed E-state index contributed by atoms with van der Waals surface area (Å²) >= 11 is 0. The van der Waals surface area contributed by atoms with Gasteiger partial charge in [0.1, 0.15) is 0 Å². The average molecular weight is 356 g/mol. The van der Waals surface area contributed by atoms with E-state index in [1.54, 1.807) is 24.3 Å². The van der Waals surface area contributed by atoms with Gasteiger partial charge in [-0.05, 0) is 31.2 Å². The standard InChI is InChI=1S/C19H20N2O5/c1-12-5-7-15(8-6-12)19(23)21-20-11-14-9-16(24-3)18(26-13(2)22)17(10-14)25-4/h5-11H,1-4H3,(H,21,23)/b20-11-. The van der Waals surface area contributed by atoms with E-state index in [0.29, 0.717) is 22.6 Å². The number of aryl methyl sites for hydroxylation is 1. The molecule has 0 bridgehead atoms. The predicted molar refractivity (Wildman–Crippen MR) is 97.1 cm³/mol. The maximum absolute atomic E-state index is 12.0. The number of methoxy groups -OCH3 is 2. The molecular weight excluding hydrogens is 336 g/mol. The second-order valence-corrected chi connectivity index (χ2v) is 5.41. The van der Waals surface area contributed by atoms with Crippen molar-refractivity contribution in [3.63, 3.8) is 0 Å². The highest BCUT2D eigenvalue weighted by molar-refractivity contribution is 5.95. The number of hydrogen-bond donors (Lipinski definition) is 1. The molecule has 0 heterocycles. The van der Waals surface area contributed by atoms with E-state index in [1.165, 1.54) is 27.4 Å². The lowest BCUT2D eigenvalue weighted by atomic mass is 10.1. The second kappa shape index (κ2) is 8.66. The summed E-state index contributed by atoms with van der Waals surface area (Å²) < 4.78 is 15.6. The van der Waals surface area contributed by atoms with Gasteiger partial charge in [-0.3, -0.25) is 9.59 Å². The molecule has 0 saturated carbocycles. The Morgan fingerprint density at radius 2 is 1.62 bits per heavy atom. The van der Waals surface area contributed by atoms with Crippen LogP contribution >= 0.6 is 0 Å². The minimum absolute atomic E-state index is 0.184. The normalized spacial score (nSPS) is 10.5. The van der Waals surface area contributed by atoms with Crippen LogP contribution in [0.15, 0.2) is 41.5 Å². The molecule has 0 aliphatic heterocycles. The van der Waals surface area contributed by atoms with E-state index in [9.17, 15) is 9.59 Å². The van der Waals surface area contributed by atoms with Gasteiger partial charge in [0.25, 0.3) is 5.91 Å². The number of amides is 1. The van der Waals surface area contributed by atoms with Crippen LogP contribution in [0.4, 0.5) is 0 Å². The van der Waals surface area contributed by atoms with Crippen molar-refractivity contribution < 1.29 is 23.8 Å². The molecule has 0 atom stereocenters. The van der Waals surface area contributed by atoms with Gasteiger partial charge in [-0.25, -0.2) is 5.43 Å². The molecule has 0 fully saturated rings. The van der Waals surface area contributed by atoms with Crippen LogP contribution in [-0.4, -0.2) is 32.3 Å². The summed E-state index contributed by atoms with van der Waals surface area (Å²) in [7, 11) is 2.89. The molecule has 1 amide bonds. The van der Waals surface area contributed by atoms with Crippen molar-refractivity contribution in [3.05, 3.63) is 53.1 Å². The van der Waals surface area contributed by atoms with Gasteiger partial charge in [0, 0.05) is 18.1 Å². The second-order valence-electron chi connectivity index (χ2n) is 5.41. The van der Waals surface area contributed by atoms with Gasteiger partial charge in [0.15, 0.2) is 11.5 Å². The molecule has 2 aromatic rings. The molecule has 7 nitrogen and oxygen atoms in total. The number of esters is 1. The van der Waals surface area contributed by atoms with Gasteiger partial charge < -0.3 is 14.2 Å². The molecule has 0 saturated heterocycles. The van der Waals surface area contributed by atoms with Crippen molar-refractivity contribution in [1.29, 1.82) is 0 Å². The van der Waals surface area contributed by atoms with Gasteiger partial charge in [0.05, 0.1) is 20.4 Å². The van der Waals surface area contributed by atoms with Crippen molar-refractivity contribution >= 4 is 18.1 Å². The molecule has 26 heavy (non-hydrogen) atoms. The minimum Gasteiger partial charge on any atom is -0.493 e. The quantitative estimate of drug-likeness (QED) is 0.372. The van der Waals surface area contributed by atoms with E-state index in [2.05, 4.69) is 10.5 Å². The number of nitrogens with zero attached hydrogens (tertiary/aromatic N) is 1. The zero-order valence-electron chi connectivity index (χ0n) is 15.0. The molecule has 0 aromatic heterocycles. The van der Waals surface area contributed by atoms with Crippen LogP contribution in [-0.2, 0) is 4.79 Å². The molecular formula is C19H20N2O5. The average Bonchev–Trinajstić information content (AvgIpc) is 2.62. The fraction of sp³-hybridized carbons (Fsp3) is 0.211. The summed E-state index contributed by atoms with van der Waals surface area (Å²) in [6, 6.07) is 10.4. The van der Waals surface area contributed by atoms with Gasteiger partial charge in [0.2, 0.25) is 5.75 Å².